The zero-order chi connectivity index (χ0) is 13.2. The molecule has 0 bridgehead atoms. The normalized spacial score (nSPS) is 18.0. The topological polar surface area (TPSA) is 60.9 Å². The maximum atomic E-state index is 4.40. The molecule has 1 fully saturated rings. The van der Waals surface area contributed by atoms with E-state index in [1.54, 1.807) is 12.5 Å². The number of piperidine rings is 1. The minimum absolute atomic E-state index is 0.748. The third-order valence-electron chi connectivity index (χ3n) is 3.96. The van der Waals surface area contributed by atoms with Gasteiger partial charge in [0.2, 0.25) is 0 Å². The van der Waals surface area contributed by atoms with Gasteiger partial charge in [0.05, 0.1) is 11.6 Å². The molecule has 0 saturated carbocycles. The summed E-state index contributed by atoms with van der Waals surface area (Å²) in [6, 6.07) is 0. The number of hydrogen-bond donors (Lipinski definition) is 1. The Morgan fingerprint density at radius 2 is 2.16 bits per heavy atom. The minimum Gasteiger partial charge on any atom is -0.359 e. The summed E-state index contributed by atoms with van der Waals surface area (Å²) >= 11 is 0. The molecule has 3 rings (SSSR count). The zero-order valence-electron chi connectivity index (χ0n) is 11.5. The highest BCUT2D eigenvalue weighted by Gasteiger charge is 2.19. The predicted octanol–water partition coefficient (Wildman–Crippen LogP) is 1.13. The van der Waals surface area contributed by atoms with Gasteiger partial charge in [0.15, 0.2) is 5.65 Å². The van der Waals surface area contributed by atoms with Crippen LogP contribution in [0.5, 0.6) is 0 Å². The molecule has 0 spiro atoms. The smallest absolute Gasteiger partial charge is 0.160 e. The van der Waals surface area contributed by atoms with E-state index in [-0.39, 0.29) is 0 Å². The van der Waals surface area contributed by atoms with Gasteiger partial charge < -0.3 is 9.80 Å². The molecule has 19 heavy (non-hydrogen) atoms. The Labute approximate surface area is 112 Å². The Morgan fingerprint density at radius 3 is 2.95 bits per heavy atom. The zero-order valence-corrected chi connectivity index (χ0v) is 11.5. The van der Waals surface area contributed by atoms with Crippen molar-refractivity contribution in [2.75, 3.05) is 38.6 Å². The molecule has 6 heteroatoms. The van der Waals surface area contributed by atoms with Gasteiger partial charge in [-0.2, -0.15) is 5.10 Å². The molecule has 6 nitrogen and oxygen atoms in total. The fourth-order valence-corrected chi connectivity index (χ4v) is 2.77. The van der Waals surface area contributed by atoms with Gasteiger partial charge in [0, 0.05) is 13.6 Å². The lowest BCUT2D eigenvalue weighted by molar-refractivity contribution is 0.222. The summed E-state index contributed by atoms with van der Waals surface area (Å²) < 4.78 is 0. The van der Waals surface area contributed by atoms with Gasteiger partial charge in [-0.25, -0.2) is 9.97 Å². The van der Waals surface area contributed by atoms with Crippen molar-refractivity contribution in [2.24, 2.45) is 5.92 Å². The standard InChI is InChI=1S/C13H20N6/c1-18-5-3-10(4-6-18)8-19(2)13-11-7-16-17-12(11)14-9-15-13/h7,9-10H,3-6,8H2,1-2H3,(H,14,15,16,17). The predicted molar refractivity (Wildman–Crippen MR) is 75.2 cm³/mol. The second kappa shape index (κ2) is 5.13. The van der Waals surface area contributed by atoms with E-state index in [0.717, 1.165) is 29.3 Å². The first kappa shape index (κ1) is 12.3. The molecule has 0 unspecified atom stereocenters. The van der Waals surface area contributed by atoms with Crippen molar-refractivity contribution in [3.63, 3.8) is 0 Å². The molecule has 1 N–H and O–H groups in total. The van der Waals surface area contributed by atoms with Crippen molar-refractivity contribution >= 4 is 16.9 Å². The third kappa shape index (κ3) is 2.53. The number of aromatic nitrogens is 4. The van der Waals surface area contributed by atoms with Crippen LogP contribution >= 0.6 is 0 Å². The maximum absolute atomic E-state index is 4.40. The number of likely N-dealkylation sites (tertiary alicyclic amines) is 1. The minimum atomic E-state index is 0.748. The van der Waals surface area contributed by atoms with Gasteiger partial charge in [0.25, 0.3) is 0 Å². The van der Waals surface area contributed by atoms with E-state index in [1.165, 1.54) is 25.9 Å². The Kier molecular flexibility index (Phi) is 3.33. The van der Waals surface area contributed by atoms with E-state index in [2.05, 4.69) is 44.1 Å². The van der Waals surface area contributed by atoms with Gasteiger partial charge in [0.1, 0.15) is 12.1 Å². The summed E-state index contributed by atoms with van der Waals surface area (Å²) in [5, 5.41) is 7.93. The van der Waals surface area contributed by atoms with Crippen LogP contribution in [0.15, 0.2) is 12.5 Å². The number of nitrogens with one attached hydrogen (secondary N) is 1. The average molecular weight is 260 g/mol. The lowest BCUT2D eigenvalue weighted by Crippen LogP contribution is -2.36. The number of rotatable bonds is 3. The van der Waals surface area contributed by atoms with Crippen LogP contribution < -0.4 is 4.90 Å². The van der Waals surface area contributed by atoms with Crippen LogP contribution in [0, 0.1) is 5.92 Å². The molecule has 0 amide bonds. The number of anilines is 1. The van der Waals surface area contributed by atoms with Gasteiger partial charge in [-0.3, -0.25) is 5.10 Å². The van der Waals surface area contributed by atoms with E-state index < -0.39 is 0 Å². The molecule has 1 aliphatic rings. The second-order valence-electron chi connectivity index (χ2n) is 5.46. The Balaban J connectivity index is 1.73. The van der Waals surface area contributed by atoms with E-state index >= 15 is 0 Å². The molecular formula is C13H20N6. The molecule has 0 atom stereocenters. The highest BCUT2D eigenvalue weighted by Crippen LogP contribution is 2.23. The van der Waals surface area contributed by atoms with E-state index in [9.17, 15) is 0 Å². The van der Waals surface area contributed by atoms with Gasteiger partial charge in [-0.05, 0) is 38.9 Å². The Morgan fingerprint density at radius 1 is 1.37 bits per heavy atom. The van der Waals surface area contributed by atoms with E-state index in [0.29, 0.717) is 0 Å². The molecule has 0 radical (unpaired) electrons. The summed E-state index contributed by atoms with van der Waals surface area (Å²) in [5.74, 6) is 1.72. The molecule has 2 aromatic heterocycles. The maximum Gasteiger partial charge on any atom is 0.160 e. The number of nitrogens with zero attached hydrogens (tertiary/aromatic N) is 5. The third-order valence-corrected chi connectivity index (χ3v) is 3.96. The fraction of sp³-hybridized carbons (Fsp3) is 0.615. The fourth-order valence-electron chi connectivity index (χ4n) is 2.77. The Hall–Kier alpha value is -1.69. The molecular weight excluding hydrogens is 240 g/mol. The average Bonchev–Trinajstić information content (AvgIpc) is 2.89. The quantitative estimate of drug-likeness (QED) is 0.896. The summed E-state index contributed by atoms with van der Waals surface area (Å²) in [5.41, 5.74) is 0.806. The van der Waals surface area contributed by atoms with Crippen LogP contribution in [0.4, 0.5) is 5.82 Å². The first-order valence-corrected chi connectivity index (χ1v) is 6.78. The van der Waals surface area contributed by atoms with E-state index in [1.807, 2.05) is 0 Å². The van der Waals surface area contributed by atoms with E-state index in [4.69, 9.17) is 0 Å². The Bertz CT molecular complexity index is 543. The largest absolute Gasteiger partial charge is 0.359 e. The van der Waals surface area contributed by atoms with Crippen molar-refractivity contribution in [3.05, 3.63) is 12.5 Å². The summed E-state index contributed by atoms with van der Waals surface area (Å²) in [4.78, 5) is 13.2. The van der Waals surface area contributed by atoms with Gasteiger partial charge in [-0.15, -0.1) is 0 Å². The second-order valence-corrected chi connectivity index (χ2v) is 5.46. The SMILES string of the molecule is CN1CCC(CN(C)c2ncnc3[nH]ncc23)CC1. The molecule has 0 aliphatic carbocycles. The number of H-pyrrole nitrogens is 1. The van der Waals surface area contributed by atoms with Crippen LogP contribution in [-0.4, -0.2) is 58.8 Å². The van der Waals surface area contributed by atoms with Crippen molar-refractivity contribution in [1.82, 2.24) is 25.1 Å². The molecule has 3 heterocycles. The summed E-state index contributed by atoms with van der Waals surface area (Å²) in [6.07, 6.45) is 5.93. The molecule has 1 saturated heterocycles. The lowest BCUT2D eigenvalue weighted by atomic mass is 9.96. The van der Waals surface area contributed by atoms with Gasteiger partial charge >= 0.3 is 0 Å². The molecule has 0 aromatic carbocycles. The van der Waals surface area contributed by atoms with Crippen molar-refractivity contribution in [2.45, 2.75) is 12.8 Å². The summed E-state index contributed by atoms with van der Waals surface area (Å²) in [6.45, 7) is 3.44. The van der Waals surface area contributed by atoms with Crippen molar-refractivity contribution < 1.29 is 0 Å². The van der Waals surface area contributed by atoms with Crippen LogP contribution in [0.2, 0.25) is 0 Å². The number of aromatic amines is 1. The van der Waals surface area contributed by atoms with Crippen LogP contribution in [0.25, 0.3) is 11.0 Å². The van der Waals surface area contributed by atoms with Crippen molar-refractivity contribution in [3.8, 4) is 0 Å². The highest BCUT2D eigenvalue weighted by atomic mass is 15.2. The van der Waals surface area contributed by atoms with Gasteiger partial charge in [-0.1, -0.05) is 0 Å². The lowest BCUT2D eigenvalue weighted by Gasteiger charge is -2.32. The molecule has 2 aromatic rings. The molecule has 102 valence electrons. The highest BCUT2D eigenvalue weighted by molar-refractivity contribution is 5.85. The monoisotopic (exact) mass is 260 g/mol. The first-order valence-electron chi connectivity index (χ1n) is 6.78. The number of fused-ring (bicyclic) bond motifs is 1. The van der Waals surface area contributed by atoms with Crippen LogP contribution in [0.3, 0.4) is 0 Å². The van der Waals surface area contributed by atoms with Crippen LogP contribution in [-0.2, 0) is 0 Å². The number of hydrogen-bond acceptors (Lipinski definition) is 5. The molecule has 1 aliphatic heterocycles. The summed E-state index contributed by atoms with van der Waals surface area (Å²) in [7, 11) is 4.30. The van der Waals surface area contributed by atoms with Crippen molar-refractivity contribution in [1.29, 1.82) is 0 Å². The van der Waals surface area contributed by atoms with Crippen LogP contribution in [0.1, 0.15) is 12.8 Å². The first-order chi connectivity index (χ1) is 9.24.